The number of hydrogen-bond donors (Lipinski definition) is 1. The summed E-state index contributed by atoms with van der Waals surface area (Å²) in [5, 5.41) is 9.01. The van der Waals surface area contributed by atoms with Gasteiger partial charge >= 0.3 is 0 Å². The van der Waals surface area contributed by atoms with Crippen LogP contribution in [0.5, 0.6) is 0 Å². The first-order valence-corrected chi connectivity index (χ1v) is 11.5. The van der Waals surface area contributed by atoms with E-state index in [0.717, 1.165) is 62.4 Å². The van der Waals surface area contributed by atoms with Gasteiger partial charge in [0.25, 0.3) is 0 Å². The molecular weight excluding hydrogens is 386 g/mol. The van der Waals surface area contributed by atoms with Crippen molar-refractivity contribution in [2.24, 2.45) is 13.0 Å². The molecule has 164 valence electrons. The van der Waals surface area contributed by atoms with E-state index >= 15 is 0 Å². The number of fused-ring (bicyclic) bond motifs is 1. The largest absolute Gasteiger partial charge is 0.371 e. The van der Waals surface area contributed by atoms with Gasteiger partial charge in [-0.3, -0.25) is 9.67 Å². The van der Waals surface area contributed by atoms with Crippen molar-refractivity contribution in [2.75, 3.05) is 49.1 Å². The van der Waals surface area contributed by atoms with E-state index in [9.17, 15) is 0 Å². The smallest absolute Gasteiger partial charge is 0.159 e. The SMILES string of the molecule is Cc1cc(N2CC[C@H](c3ncc(N4CCNCC4)cc3C)[C@H](C)C2)c2cnn(C)c2n1. The number of piperidine rings is 1. The van der Waals surface area contributed by atoms with Gasteiger partial charge in [-0.2, -0.15) is 5.10 Å². The summed E-state index contributed by atoms with van der Waals surface area (Å²) in [6, 6.07) is 4.56. The molecule has 0 aromatic carbocycles. The maximum atomic E-state index is 4.99. The van der Waals surface area contributed by atoms with Crippen molar-refractivity contribution in [3.8, 4) is 0 Å². The van der Waals surface area contributed by atoms with Gasteiger partial charge < -0.3 is 15.1 Å². The van der Waals surface area contributed by atoms with Crippen LogP contribution in [0, 0.1) is 19.8 Å². The van der Waals surface area contributed by atoms with Crippen LogP contribution in [-0.4, -0.2) is 59.0 Å². The number of pyridine rings is 2. The van der Waals surface area contributed by atoms with Crippen LogP contribution in [0.1, 0.15) is 36.2 Å². The van der Waals surface area contributed by atoms with Gasteiger partial charge in [-0.25, -0.2) is 4.98 Å². The predicted octanol–water partition coefficient (Wildman–Crippen LogP) is 3.02. The highest BCUT2D eigenvalue weighted by Gasteiger charge is 2.30. The summed E-state index contributed by atoms with van der Waals surface area (Å²) in [4.78, 5) is 14.6. The lowest BCUT2D eigenvalue weighted by Crippen LogP contribution is -2.43. The molecule has 0 aliphatic carbocycles. The van der Waals surface area contributed by atoms with Crippen LogP contribution in [0.15, 0.2) is 24.5 Å². The molecule has 0 bridgehead atoms. The Hall–Kier alpha value is -2.67. The Balaban J connectivity index is 1.36. The van der Waals surface area contributed by atoms with Crippen LogP contribution >= 0.6 is 0 Å². The van der Waals surface area contributed by atoms with E-state index in [-0.39, 0.29) is 0 Å². The van der Waals surface area contributed by atoms with Crippen molar-refractivity contribution in [3.05, 3.63) is 41.5 Å². The summed E-state index contributed by atoms with van der Waals surface area (Å²) in [6.07, 6.45) is 5.16. The van der Waals surface area contributed by atoms with Crippen LogP contribution in [0.25, 0.3) is 11.0 Å². The van der Waals surface area contributed by atoms with Crippen LogP contribution < -0.4 is 15.1 Å². The van der Waals surface area contributed by atoms with Gasteiger partial charge in [-0.05, 0) is 43.9 Å². The van der Waals surface area contributed by atoms with Crippen molar-refractivity contribution in [1.29, 1.82) is 0 Å². The molecule has 2 aliphatic rings. The highest BCUT2D eigenvalue weighted by molar-refractivity contribution is 5.89. The van der Waals surface area contributed by atoms with Gasteiger partial charge in [-0.15, -0.1) is 0 Å². The topological polar surface area (TPSA) is 62.1 Å². The van der Waals surface area contributed by atoms with Crippen LogP contribution in [0.2, 0.25) is 0 Å². The van der Waals surface area contributed by atoms with Crippen LogP contribution in [-0.2, 0) is 7.05 Å². The van der Waals surface area contributed by atoms with Gasteiger partial charge in [0, 0.05) is 63.6 Å². The van der Waals surface area contributed by atoms with Gasteiger partial charge in [0.2, 0.25) is 0 Å². The first kappa shape index (κ1) is 20.2. The first-order valence-electron chi connectivity index (χ1n) is 11.5. The fourth-order valence-electron chi connectivity index (χ4n) is 5.31. The molecule has 0 unspecified atom stereocenters. The minimum atomic E-state index is 0.501. The minimum Gasteiger partial charge on any atom is -0.371 e. The zero-order chi connectivity index (χ0) is 21.5. The maximum absolute atomic E-state index is 4.99. The maximum Gasteiger partial charge on any atom is 0.159 e. The highest BCUT2D eigenvalue weighted by atomic mass is 15.3. The Morgan fingerprint density at radius 2 is 1.84 bits per heavy atom. The molecule has 5 rings (SSSR count). The number of nitrogens with zero attached hydrogens (tertiary/aromatic N) is 6. The quantitative estimate of drug-likeness (QED) is 0.704. The lowest BCUT2D eigenvalue weighted by atomic mass is 9.82. The van der Waals surface area contributed by atoms with Gasteiger partial charge in [-0.1, -0.05) is 6.92 Å². The summed E-state index contributed by atoms with van der Waals surface area (Å²) in [5.74, 6) is 1.03. The molecule has 0 spiro atoms. The summed E-state index contributed by atoms with van der Waals surface area (Å²) < 4.78 is 1.87. The Kier molecular flexibility index (Phi) is 5.30. The molecule has 7 heteroatoms. The molecule has 3 aromatic rings. The third kappa shape index (κ3) is 3.76. The number of nitrogens with one attached hydrogen (secondary N) is 1. The Bertz CT molecular complexity index is 1080. The molecule has 2 fully saturated rings. The Labute approximate surface area is 184 Å². The van der Waals surface area contributed by atoms with Crippen LogP contribution in [0.3, 0.4) is 0 Å². The van der Waals surface area contributed by atoms with E-state index in [0.29, 0.717) is 11.8 Å². The molecule has 7 nitrogen and oxygen atoms in total. The van der Waals surface area contributed by atoms with E-state index < -0.39 is 0 Å². The second kappa shape index (κ2) is 8.11. The molecule has 2 saturated heterocycles. The van der Waals surface area contributed by atoms with Crippen molar-refractivity contribution < 1.29 is 0 Å². The fraction of sp³-hybridized carbons (Fsp3) is 0.542. The van der Waals surface area contributed by atoms with E-state index in [1.165, 1.54) is 22.6 Å². The summed E-state index contributed by atoms with van der Waals surface area (Å²) in [7, 11) is 1.96. The molecular formula is C24H33N7. The van der Waals surface area contributed by atoms with Crippen molar-refractivity contribution >= 4 is 22.4 Å². The van der Waals surface area contributed by atoms with E-state index in [2.05, 4.69) is 64.3 Å². The lowest BCUT2D eigenvalue weighted by molar-refractivity contribution is 0.376. The van der Waals surface area contributed by atoms with E-state index in [1.54, 1.807) is 0 Å². The third-order valence-corrected chi connectivity index (χ3v) is 6.99. The Morgan fingerprint density at radius 1 is 1.03 bits per heavy atom. The summed E-state index contributed by atoms with van der Waals surface area (Å²) >= 11 is 0. The predicted molar refractivity (Wildman–Crippen MR) is 126 cm³/mol. The third-order valence-electron chi connectivity index (χ3n) is 6.99. The number of anilines is 2. The van der Waals surface area contributed by atoms with E-state index in [4.69, 9.17) is 4.98 Å². The summed E-state index contributed by atoms with van der Waals surface area (Å²) in [5.41, 5.74) is 7.14. The molecule has 0 radical (unpaired) electrons. The Morgan fingerprint density at radius 3 is 2.58 bits per heavy atom. The van der Waals surface area contributed by atoms with Gasteiger partial charge in [0.05, 0.1) is 29.2 Å². The number of rotatable bonds is 3. The van der Waals surface area contributed by atoms with E-state index in [1.807, 2.05) is 17.9 Å². The second-order valence-corrected chi connectivity index (χ2v) is 9.24. The molecule has 2 aliphatic heterocycles. The second-order valence-electron chi connectivity index (χ2n) is 9.24. The summed E-state index contributed by atoms with van der Waals surface area (Å²) in [6.45, 7) is 13.0. The standard InChI is InChI=1S/C24H33N7/c1-16-11-19(30-9-6-25-7-10-30)13-26-23(16)20-5-8-31(15-17(20)2)22-12-18(3)28-24-21(22)14-27-29(24)4/h11-14,17,20,25H,5-10,15H2,1-4H3/t17-,20+/m1/s1. The fourth-order valence-corrected chi connectivity index (χ4v) is 5.31. The zero-order valence-electron chi connectivity index (χ0n) is 19.1. The van der Waals surface area contributed by atoms with Crippen molar-refractivity contribution in [1.82, 2.24) is 25.1 Å². The van der Waals surface area contributed by atoms with Crippen molar-refractivity contribution in [2.45, 2.75) is 33.1 Å². The number of aromatic nitrogens is 4. The number of hydrogen-bond acceptors (Lipinski definition) is 6. The normalized spacial score (nSPS) is 22.3. The molecule has 31 heavy (non-hydrogen) atoms. The monoisotopic (exact) mass is 419 g/mol. The molecule has 3 aromatic heterocycles. The number of aryl methyl sites for hydroxylation is 3. The van der Waals surface area contributed by atoms with Gasteiger partial charge in [0.15, 0.2) is 5.65 Å². The highest BCUT2D eigenvalue weighted by Crippen LogP contribution is 2.37. The average molecular weight is 420 g/mol. The zero-order valence-corrected chi connectivity index (χ0v) is 19.1. The molecule has 0 saturated carbocycles. The molecule has 1 N–H and O–H groups in total. The molecule has 2 atom stereocenters. The first-order chi connectivity index (χ1) is 15.0. The average Bonchev–Trinajstić information content (AvgIpc) is 3.14. The molecule has 5 heterocycles. The van der Waals surface area contributed by atoms with Crippen LogP contribution in [0.4, 0.5) is 11.4 Å². The minimum absolute atomic E-state index is 0.501. The van der Waals surface area contributed by atoms with Gasteiger partial charge in [0.1, 0.15) is 0 Å². The molecule has 0 amide bonds. The van der Waals surface area contributed by atoms with Crippen molar-refractivity contribution in [3.63, 3.8) is 0 Å². The number of piperazine rings is 1. The lowest BCUT2D eigenvalue weighted by Gasteiger charge is -2.39.